The molecule has 0 unspecified atom stereocenters. The van der Waals surface area contributed by atoms with E-state index >= 15 is 0 Å². The molecule has 1 N–H and O–H groups in total. The minimum atomic E-state index is -0.126. The number of benzene rings is 1. The molecule has 3 rings (SSSR count). The highest BCUT2D eigenvalue weighted by molar-refractivity contribution is 5.74. The van der Waals surface area contributed by atoms with Gasteiger partial charge >= 0.3 is 6.03 Å². The van der Waals surface area contributed by atoms with E-state index in [4.69, 9.17) is 13.9 Å². The zero-order chi connectivity index (χ0) is 16.2. The number of carbonyl (C=O) groups is 1. The molecule has 1 aliphatic rings. The standard InChI is InChI=1S/C17H20N2O4/c1-3-18-17(20)19(10-14-6-4-12(2)23-14)9-13-5-7-15-16(8-13)22-11-21-15/h4-8H,3,9-11H2,1-2H3,(H,18,20). The molecule has 0 aliphatic carbocycles. The number of ether oxygens (including phenoxy) is 2. The van der Waals surface area contributed by atoms with Gasteiger partial charge in [-0.2, -0.15) is 0 Å². The fourth-order valence-corrected chi connectivity index (χ4v) is 2.48. The van der Waals surface area contributed by atoms with Crippen LogP contribution in [0.2, 0.25) is 0 Å². The monoisotopic (exact) mass is 316 g/mol. The topological polar surface area (TPSA) is 63.9 Å². The molecule has 2 heterocycles. The number of urea groups is 1. The maximum atomic E-state index is 12.3. The first kappa shape index (κ1) is 15.3. The van der Waals surface area contributed by atoms with E-state index in [9.17, 15) is 4.79 Å². The van der Waals surface area contributed by atoms with Crippen LogP contribution in [0.5, 0.6) is 11.5 Å². The van der Waals surface area contributed by atoms with E-state index in [0.29, 0.717) is 25.4 Å². The summed E-state index contributed by atoms with van der Waals surface area (Å²) in [5.41, 5.74) is 0.976. The van der Waals surface area contributed by atoms with Crippen molar-refractivity contribution in [2.24, 2.45) is 0 Å². The molecule has 1 aliphatic heterocycles. The summed E-state index contributed by atoms with van der Waals surface area (Å²) in [5, 5.41) is 2.83. The lowest BCUT2D eigenvalue weighted by Gasteiger charge is -2.22. The van der Waals surface area contributed by atoms with E-state index in [0.717, 1.165) is 22.8 Å². The van der Waals surface area contributed by atoms with Crippen molar-refractivity contribution in [1.29, 1.82) is 0 Å². The Morgan fingerprint density at radius 3 is 2.74 bits per heavy atom. The van der Waals surface area contributed by atoms with Gasteiger partial charge in [0.1, 0.15) is 11.5 Å². The summed E-state index contributed by atoms with van der Waals surface area (Å²) in [5.74, 6) is 3.04. The number of rotatable bonds is 5. The van der Waals surface area contributed by atoms with Gasteiger partial charge in [0.05, 0.1) is 6.54 Å². The quantitative estimate of drug-likeness (QED) is 0.921. The fraction of sp³-hybridized carbons (Fsp3) is 0.353. The Hall–Kier alpha value is -2.63. The number of fused-ring (bicyclic) bond motifs is 1. The Labute approximate surface area is 135 Å². The van der Waals surface area contributed by atoms with Gasteiger partial charge in [0.2, 0.25) is 6.79 Å². The number of hydrogen-bond donors (Lipinski definition) is 1. The molecule has 0 saturated carbocycles. The first-order chi connectivity index (χ1) is 11.2. The zero-order valence-corrected chi connectivity index (χ0v) is 13.3. The van der Waals surface area contributed by atoms with Crippen molar-refractivity contribution in [3.05, 3.63) is 47.4 Å². The van der Waals surface area contributed by atoms with Crippen LogP contribution < -0.4 is 14.8 Å². The van der Waals surface area contributed by atoms with Gasteiger partial charge < -0.3 is 24.1 Å². The van der Waals surface area contributed by atoms with Gasteiger partial charge in [-0.25, -0.2) is 4.79 Å². The van der Waals surface area contributed by atoms with Crippen molar-refractivity contribution < 1.29 is 18.7 Å². The van der Waals surface area contributed by atoms with E-state index in [2.05, 4.69) is 5.32 Å². The molecule has 0 radical (unpaired) electrons. The Morgan fingerprint density at radius 2 is 2.00 bits per heavy atom. The van der Waals surface area contributed by atoms with Crippen LogP contribution in [0, 0.1) is 6.92 Å². The van der Waals surface area contributed by atoms with Gasteiger partial charge in [-0.1, -0.05) is 6.07 Å². The van der Waals surface area contributed by atoms with E-state index < -0.39 is 0 Å². The second-order valence-electron chi connectivity index (χ2n) is 5.39. The van der Waals surface area contributed by atoms with Gasteiger partial charge in [-0.05, 0) is 43.7 Å². The van der Waals surface area contributed by atoms with Crippen molar-refractivity contribution in [3.63, 3.8) is 0 Å². The van der Waals surface area contributed by atoms with Crippen LogP contribution in [-0.4, -0.2) is 24.3 Å². The number of nitrogens with zero attached hydrogens (tertiary/aromatic N) is 1. The van der Waals surface area contributed by atoms with Crippen molar-refractivity contribution in [2.75, 3.05) is 13.3 Å². The molecular formula is C17H20N2O4. The highest BCUT2D eigenvalue weighted by atomic mass is 16.7. The molecule has 6 nitrogen and oxygen atoms in total. The molecule has 0 saturated heterocycles. The molecule has 0 bridgehead atoms. The van der Waals surface area contributed by atoms with Gasteiger partial charge in [0.15, 0.2) is 11.5 Å². The normalized spacial score (nSPS) is 12.3. The Morgan fingerprint density at radius 1 is 1.17 bits per heavy atom. The van der Waals surface area contributed by atoms with Crippen LogP contribution in [0.25, 0.3) is 0 Å². The van der Waals surface area contributed by atoms with Crippen molar-refractivity contribution in [2.45, 2.75) is 26.9 Å². The molecular weight excluding hydrogens is 296 g/mol. The maximum Gasteiger partial charge on any atom is 0.318 e. The third-order valence-corrected chi connectivity index (χ3v) is 3.57. The molecule has 0 spiro atoms. The molecule has 2 amide bonds. The molecule has 23 heavy (non-hydrogen) atoms. The first-order valence-electron chi connectivity index (χ1n) is 7.62. The first-order valence-corrected chi connectivity index (χ1v) is 7.62. The Bertz CT molecular complexity index is 696. The highest BCUT2D eigenvalue weighted by Crippen LogP contribution is 2.32. The average Bonchev–Trinajstić information content (AvgIpc) is 3.15. The van der Waals surface area contributed by atoms with Crippen LogP contribution in [-0.2, 0) is 13.1 Å². The SMILES string of the molecule is CCNC(=O)N(Cc1ccc2c(c1)OCO2)Cc1ccc(C)o1. The molecule has 0 atom stereocenters. The highest BCUT2D eigenvalue weighted by Gasteiger charge is 2.18. The van der Waals surface area contributed by atoms with Crippen LogP contribution in [0.1, 0.15) is 24.0 Å². The lowest BCUT2D eigenvalue weighted by atomic mass is 10.2. The van der Waals surface area contributed by atoms with Crippen molar-refractivity contribution in [3.8, 4) is 11.5 Å². The second kappa shape index (κ2) is 6.64. The Balaban J connectivity index is 1.76. The molecule has 0 fully saturated rings. The number of amides is 2. The van der Waals surface area contributed by atoms with Gasteiger partial charge in [-0.15, -0.1) is 0 Å². The summed E-state index contributed by atoms with van der Waals surface area (Å²) in [6.07, 6.45) is 0. The van der Waals surface area contributed by atoms with Crippen LogP contribution in [0.15, 0.2) is 34.7 Å². The number of nitrogens with one attached hydrogen (secondary N) is 1. The van der Waals surface area contributed by atoms with Crippen LogP contribution in [0.4, 0.5) is 4.79 Å². The molecule has 1 aromatic heterocycles. The number of furan rings is 1. The molecule has 1 aromatic carbocycles. The summed E-state index contributed by atoms with van der Waals surface area (Å²) in [7, 11) is 0. The summed E-state index contributed by atoms with van der Waals surface area (Å²) < 4.78 is 16.3. The van der Waals surface area contributed by atoms with Gasteiger partial charge in [-0.3, -0.25) is 0 Å². The zero-order valence-electron chi connectivity index (χ0n) is 13.3. The van der Waals surface area contributed by atoms with E-state index in [1.54, 1.807) is 4.90 Å². The maximum absolute atomic E-state index is 12.3. The summed E-state index contributed by atoms with van der Waals surface area (Å²) >= 11 is 0. The third kappa shape index (κ3) is 3.59. The van der Waals surface area contributed by atoms with Crippen molar-refractivity contribution in [1.82, 2.24) is 10.2 Å². The number of hydrogen-bond acceptors (Lipinski definition) is 4. The Kier molecular flexibility index (Phi) is 4.41. The minimum absolute atomic E-state index is 0.126. The lowest BCUT2D eigenvalue weighted by molar-refractivity contribution is 0.173. The van der Waals surface area contributed by atoms with Crippen LogP contribution in [0.3, 0.4) is 0 Å². The largest absolute Gasteiger partial charge is 0.464 e. The van der Waals surface area contributed by atoms with Gasteiger partial charge in [0.25, 0.3) is 0 Å². The lowest BCUT2D eigenvalue weighted by Crippen LogP contribution is -2.38. The van der Waals surface area contributed by atoms with Gasteiger partial charge in [0, 0.05) is 13.1 Å². The summed E-state index contributed by atoms with van der Waals surface area (Å²) in [6.45, 7) is 5.47. The minimum Gasteiger partial charge on any atom is -0.464 e. The fourth-order valence-electron chi connectivity index (χ4n) is 2.48. The van der Waals surface area contributed by atoms with Crippen molar-refractivity contribution >= 4 is 6.03 Å². The average molecular weight is 316 g/mol. The molecule has 6 heteroatoms. The predicted molar refractivity (Wildman–Crippen MR) is 84.3 cm³/mol. The molecule has 2 aromatic rings. The van der Waals surface area contributed by atoms with E-state index in [1.165, 1.54) is 0 Å². The van der Waals surface area contributed by atoms with E-state index in [-0.39, 0.29) is 12.8 Å². The number of aryl methyl sites for hydroxylation is 1. The summed E-state index contributed by atoms with van der Waals surface area (Å²) in [6, 6.07) is 9.37. The predicted octanol–water partition coefficient (Wildman–Crippen LogP) is 3.05. The van der Waals surface area contributed by atoms with Crippen LogP contribution >= 0.6 is 0 Å². The molecule has 122 valence electrons. The second-order valence-corrected chi connectivity index (χ2v) is 5.39. The van der Waals surface area contributed by atoms with E-state index in [1.807, 2.05) is 44.2 Å². The third-order valence-electron chi connectivity index (χ3n) is 3.57. The number of carbonyl (C=O) groups excluding carboxylic acids is 1. The smallest absolute Gasteiger partial charge is 0.318 e. The summed E-state index contributed by atoms with van der Waals surface area (Å²) in [4.78, 5) is 14.0.